The summed E-state index contributed by atoms with van der Waals surface area (Å²) in [5.41, 5.74) is 2.91. The van der Waals surface area contributed by atoms with E-state index in [1.807, 2.05) is 62.4 Å². The van der Waals surface area contributed by atoms with E-state index in [1.165, 1.54) is 5.56 Å². The molecule has 1 heterocycles. The first-order valence-electron chi connectivity index (χ1n) is 11.3. The van der Waals surface area contributed by atoms with Crippen LogP contribution in [0.5, 0.6) is 0 Å². The molecule has 1 unspecified atom stereocenters. The van der Waals surface area contributed by atoms with Crippen LogP contribution in [0.25, 0.3) is 0 Å². The molecule has 1 N–H and O–H groups in total. The highest BCUT2D eigenvalue weighted by Crippen LogP contribution is 2.29. The van der Waals surface area contributed by atoms with E-state index in [0.29, 0.717) is 13.1 Å². The smallest absolute Gasteiger partial charge is 0.325 e. The lowest BCUT2D eigenvalue weighted by Crippen LogP contribution is -2.44. The Kier molecular flexibility index (Phi) is 7.33. The summed E-state index contributed by atoms with van der Waals surface area (Å²) in [6.45, 7) is 8.58. The average Bonchev–Trinajstić information content (AvgIpc) is 2.99. The van der Waals surface area contributed by atoms with Crippen LogP contribution in [0.2, 0.25) is 0 Å². The van der Waals surface area contributed by atoms with Crippen molar-refractivity contribution in [1.29, 1.82) is 0 Å². The molecular formula is C26H33N3O3. The van der Waals surface area contributed by atoms with Crippen molar-refractivity contribution in [3.63, 3.8) is 0 Å². The SMILES string of the molecule is CCCc1ccc(C2(C)NC(=O)N(CC(=O)N(CCC)Cc3ccc(C)cc3)C2=O)cc1. The zero-order valence-electron chi connectivity index (χ0n) is 19.5. The number of rotatable bonds is 9. The van der Waals surface area contributed by atoms with Crippen molar-refractivity contribution in [1.82, 2.24) is 15.1 Å². The molecule has 0 aliphatic carbocycles. The van der Waals surface area contributed by atoms with Gasteiger partial charge in [-0.15, -0.1) is 0 Å². The van der Waals surface area contributed by atoms with E-state index in [1.54, 1.807) is 11.8 Å². The lowest BCUT2D eigenvalue weighted by molar-refractivity contribution is -0.139. The number of carbonyl (C=O) groups is 3. The normalized spacial score (nSPS) is 18.1. The topological polar surface area (TPSA) is 69.7 Å². The molecule has 3 rings (SSSR count). The van der Waals surface area contributed by atoms with E-state index in [0.717, 1.165) is 40.9 Å². The minimum Gasteiger partial charge on any atom is -0.337 e. The van der Waals surface area contributed by atoms with E-state index < -0.39 is 17.5 Å². The monoisotopic (exact) mass is 435 g/mol. The second kappa shape index (κ2) is 9.98. The van der Waals surface area contributed by atoms with Gasteiger partial charge in [0, 0.05) is 13.1 Å². The quantitative estimate of drug-likeness (QED) is 0.602. The van der Waals surface area contributed by atoms with E-state index in [4.69, 9.17) is 0 Å². The van der Waals surface area contributed by atoms with Crippen LogP contribution < -0.4 is 5.32 Å². The van der Waals surface area contributed by atoms with E-state index >= 15 is 0 Å². The first-order chi connectivity index (χ1) is 15.3. The molecule has 0 spiro atoms. The second-order valence-corrected chi connectivity index (χ2v) is 8.69. The van der Waals surface area contributed by atoms with Gasteiger partial charge in [0.2, 0.25) is 5.91 Å². The molecule has 6 heteroatoms. The van der Waals surface area contributed by atoms with Crippen molar-refractivity contribution < 1.29 is 14.4 Å². The summed E-state index contributed by atoms with van der Waals surface area (Å²) in [4.78, 5) is 41.7. The van der Waals surface area contributed by atoms with Gasteiger partial charge in [-0.3, -0.25) is 14.5 Å². The predicted molar refractivity (Wildman–Crippen MR) is 125 cm³/mol. The first kappa shape index (κ1) is 23.5. The summed E-state index contributed by atoms with van der Waals surface area (Å²) in [5.74, 6) is -0.635. The Morgan fingerprint density at radius 2 is 1.59 bits per heavy atom. The van der Waals surface area contributed by atoms with Crippen molar-refractivity contribution >= 4 is 17.8 Å². The van der Waals surface area contributed by atoms with Crippen LogP contribution >= 0.6 is 0 Å². The van der Waals surface area contributed by atoms with Crippen LogP contribution in [-0.2, 0) is 28.1 Å². The van der Waals surface area contributed by atoms with Gasteiger partial charge >= 0.3 is 6.03 Å². The van der Waals surface area contributed by atoms with Gasteiger partial charge in [-0.05, 0) is 43.4 Å². The lowest BCUT2D eigenvalue weighted by atomic mass is 9.91. The Labute approximate surface area is 190 Å². The molecule has 1 fully saturated rings. The van der Waals surface area contributed by atoms with Crippen molar-refractivity contribution in [3.05, 3.63) is 70.8 Å². The summed E-state index contributed by atoms with van der Waals surface area (Å²) >= 11 is 0. The molecule has 1 aliphatic heterocycles. The Balaban J connectivity index is 1.73. The summed E-state index contributed by atoms with van der Waals surface area (Å²) in [7, 11) is 0. The third kappa shape index (κ3) is 5.01. The maximum atomic E-state index is 13.2. The number of nitrogens with zero attached hydrogens (tertiary/aromatic N) is 2. The van der Waals surface area contributed by atoms with Crippen LogP contribution in [0.3, 0.4) is 0 Å². The van der Waals surface area contributed by atoms with Gasteiger partial charge in [0.05, 0.1) is 0 Å². The van der Waals surface area contributed by atoms with Crippen LogP contribution in [0, 0.1) is 6.92 Å². The molecule has 2 aromatic carbocycles. The third-order valence-corrected chi connectivity index (χ3v) is 5.98. The summed E-state index contributed by atoms with van der Waals surface area (Å²) in [5, 5.41) is 2.80. The number of amides is 4. The number of hydrogen-bond acceptors (Lipinski definition) is 3. The molecule has 32 heavy (non-hydrogen) atoms. The fourth-order valence-corrected chi connectivity index (χ4v) is 4.04. The minimum absolute atomic E-state index is 0.238. The van der Waals surface area contributed by atoms with Gasteiger partial charge in [-0.25, -0.2) is 4.79 Å². The summed E-state index contributed by atoms with van der Waals surface area (Å²) < 4.78 is 0. The van der Waals surface area contributed by atoms with Crippen LogP contribution in [0.4, 0.5) is 4.79 Å². The number of hydrogen-bond donors (Lipinski definition) is 1. The Morgan fingerprint density at radius 1 is 0.969 bits per heavy atom. The lowest BCUT2D eigenvalue weighted by Gasteiger charge is -2.25. The Bertz CT molecular complexity index is 969. The second-order valence-electron chi connectivity index (χ2n) is 8.69. The summed E-state index contributed by atoms with van der Waals surface area (Å²) in [6, 6.07) is 15.2. The van der Waals surface area contributed by atoms with E-state index in [2.05, 4.69) is 12.2 Å². The molecule has 1 aliphatic rings. The first-order valence-corrected chi connectivity index (χ1v) is 11.3. The highest BCUT2D eigenvalue weighted by Gasteiger charge is 2.49. The Morgan fingerprint density at radius 3 is 2.19 bits per heavy atom. The molecule has 0 bridgehead atoms. The molecule has 2 aromatic rings. The zero-order chi connectivity index (χ0) is 23.3. The predicted octanol–water partition coefficient (Wildman–Crippen LogP) is 4.15. The molecule has 6 nitrogen and oxygen atoms in total. The number of urea groups is 1. The highest BCUT2D eigenvalue weighted by atomic mass is 16.2. The molecule has 0 aromatic heterocycles. The number of nitrogens with one attached hydrogen (secondary N) is 1. The molecule has 4 amide bonds. The molecular weight excluding hydrogens is 402 g/mol. The zero-order valence-corrected chi connectivity index (χ0v) is 19.5. The maximum Gasteiger partial charge on any atom is 0.325 e. The van der Waals surface area contributed by atoms with Crippen molar-refractivity contribution in [2.75, 3.05) is 13.1 Å². The van der Waals surface area contributed by atoms with Crippen molar-refractivity contribution in [2.45, 2.75) is 59.0 Å². The number of carbonyl (C=O) groups excluding carboxylic acids is 3. The highest BCUT2D eigenvalue weighted by molar-refractivity contribution is 6.09. The maximum absolute atomic E-state index is 13.2. The van der Waals surface area contributed by atoms with Gasteiger partial charge in [-0.2, -0.15) is 0 Å². The van der Waals surface area contributed by atoms with E-state index in [9.17, 15) is 14.4 Å². The molecule has 1 saturated heterocycles. The minimum atomic E-state index is -1.17. The Hall–Kier alpha value is -3.15. The molecule has 170 valence electrons. The summed E-state index contributed by atoms with van der Waals surface area (Å²) in [6.07, 6.45) is 2.80. The standard InChI is InChI=1S/C26H33N3O3/c1-5-7-20-12-14-22(15-13-20)26(4)24(31)29(25(32)27-26)18-23(30)28(16-6-2)17-21-10-8-19(3)9-11-21/h8-15H,5-7,16-18H2,1-4H3,(H,27,32). The number of imide groups is 1. The van der Waals surface area contributed by atoms with Crippen LogP contribution in [-0.4, -0.2) is 40.7 Å². The average molecular weight is 436 g/mol. The van der Waals surface area contributed by atoms with Crippen LogP contribution in [0.15, 0.2) is 48.5 Å². The van der Waals surface area contributed by atoms with E-state index in [-0.39, 0.29) is 12.5 Å². The molecule has 0 saturated carbocycles. The number of aryl methyl sites for hydroxylation is 2. The van der Waals surface area contributed by atoms with Crippen molar-refractivity contribution in [2.24, 2.45) is 0 Å². The fraction of sp³-hybridized carbons (Fsp3) is 0.423. The number of benzene rings is 2. The van der Waals surface area contributed by atoms with Crippen molar-refractivity contribution in [3.8, 4) is 0 Å². The van der Waals surface area contributed by atoms with Gasteiger partial charge in [-0.1, -0.05) is 74.4 Å². The van der Waals surface area contributed by atoms with Crippen LogP contribution in [0.1, 0.15) is 55.9 Å². The molecule has 1 atom stereocenters. The van der Waals surface area contributed by atoms with Gasteiger partial charge < -0.3 is 10.2 Å². The largest absolute Gasteiger partial charge is 0.337 e. The third-order valence-electron chi connectivity index (χ3n) is 5.98. The van der Waals surface area contributed by atoms with Gasteiger partial charge in [0.15, 0.2) is 0 Å². The van der Waals surface area contributed by atoms with Gasteiger partial charge in [0.1, 0.15) is 12.1 Å². The van der Waals surface area contributed by atoms with Gasteiger partial charge in [0.25, 0.3) is 5.91 Å². The fourth-order valence-electron chi connectivity index (χ4n) is 4.04. The molecule has 0 radical (unpaired) electrons.